The lowest BCUT2D eigenvalue weighted by molar-refractivity contribution is -0.146. The zero-order valence-electron chi connectivity index (χ0n) is 42.8. The van der Waals surface area contributed by atoms with Crippen LogP contribution in [0.25, 0.3) is 27.5 Å². The maximum absolute atomic E-state index is 14.1. The molecule has 0 unspecified atom stereocenters. The van der Waals surface area contributed by atoms with Crippen LogP contribution in [-0.2, 0) is 30.3 Å². The van der Waals surface area contributed by atoms with Crippen LogP contribution in [0.5, 0.6) is 0 Å². The molecular weight excluding hydrogens is 960 g/mol. The molecule has 0 saturated carbocycles. The smallest absolute Gasteiger partial charge is 0.234 e. The second-order valence-electron chi connectivity index (χ2n) is 20.9. The number of aliphatic hydroxyl groups is 1. The molecule has 2 aromatic carbocycles. The summed E-state index contributed by atoms with van der Waals surface area (Å²) < 4.78 is 21.7. The fraction of sp³-hybridized carbons (Fsp3) is 0.464. The summed E-state index contributed by atoms with van der Waals surface area (Å²) in [6.45, 7) is 12.3. The van der Waals surface area contributed by atoms with Gasteiger partial charge in [0, 0.05) is 77.4 Å². The average molecular weight is 1030 g/mol. The lowest BCUT2D eigenvalue weighted by Gasteiger charge is -2.35. The number of Topliss-reactive ketones (excluding diaryl/α,β-unsaturated/α-hetero) is 2. The van der Waals surface area contributed by atoms with Gasteiger partial charge in [0.05, 0.1) is 65.9 Å². The molecule has 0 radical (unpaired) electrons. The number of benzene rings is 2. The Hall–Kier alpha value is -6.47. The summed E-state index contributed by atoms with van der Waals surface area (Å²) in [5, 5.41) is 18.6. The van der Waals surface area contributed by atoms with Crippen molar-refractivity contribution in [3.05, 3.63) is 113 Å². The number of ketones is 2. The van der Waals surface area contributed by atoms with E-state index in [1.165, 1.54) is 11.0 Å². The molecule has 3 fully saturated rings. The Morgan fingerprint density at radius 1 is 0.919 bits per heavy atom. The highest BCUT2D eigenvalue weighted by molar-refractivity contribution is 7.13. The number of imidazole rings is 1. The van der Waals surface area contributed by atoms with Crippen molar-refractivity contribution in [1.82, 2.24) is 39.7 Å². The highest BCUT2D eigenvalue weighted by Gasteiger charge is 2.44. The number of nitrogens with zero attached hydrogens (tertiary/aromatic N) is 9. The number of thiazole rings is 1. The Balaban J connectivity index is 0.686. The Morgan fingerprint density at radius 3 is 2.47 bits per heavy atom. The number of carbonyl (C=O) groups excluding carboxylic acids is 4. The standard InChI is InChI=1S/C56H67FN10O6S/c1-37-54(74-36-60-37)39-16-13-38(14-17-39)15-18-49(70)47-32-43(69)34-66(47)55(72)44(56(2,3)4)31-42(68)21-28-73-29-22-58-53(71)35-63-24-26-64(27-25-63)51-12-6-10-45(61-51)48-33-59-50-19-20-52(62-67(48)50)65-23-7-11-46(65)40-8-5-9-41(57)30-40/h5-6,8-10,12-14,16-17,19-20,30,33,36,43-44,46-47,69H,7,11,15,18,21-29,31-32,34-35H2,1-4H3,(H,58,71)/t43-,44-,46-,47+/m1/s1. The molecule has 7 heterocycles. The summed E-state index contributed by atoms with van der Waals surface area (Å²) in [6, 6.07) is 24.1. The van der Waals surface area contributed by atoms with Gasteiger partial charge in [-0.05, 0) is 84.7 Å². The number of ether oxygens (including phenoxy) is 1. The molecule has 2 amide bonds. The number of likely N-dealkylation sites (tertiary alicyclic amines) is 1. The van der Waals surface area contributed by atoms with E-state index in [9.17, 15) is 28.7 Å². The van der Waals surface area contributed by atoms with E-state index in [0.717, 1.165) is 69.7 Å². The number of anilines is 2. The van der Waals surface area contributed by atoms with Crippen LogP contribution in [0.1, 0.15) is 82.2 Å². The first kappa shape index (κ1) is 52.4. The Morgan fingerprint density at radius 2 is 1.72 bits per heavy atom. The minimum atomic E-state index is -0.812. The normalized spacial score (nSPS) is 18.8. The summed E-state index contributed by atoms with van der Waals surface area (Å²) >= 11 is 1.59. The predicted molar refractivity (Wildman–Crippen MR) is 283 cm³/mol. The van der Waals surface area contributed by atoms with Gasteiger partial charge in [-0.1, -0.05) is 63.2 Å². The second kappa shape index (κ2) is 23.4. The van der Waals surface area contributed by atoms with Crippen molar-refractivity contribution in [2.24, 2.45) is 11.3 Å². The van der Waals surface area contributed by atoms with Crippen LogP contribution in [0.2, 0.25) is 0 Å². The topological polar surface area (TPSA) is 179 Å². The summed E-state index contributed by atoms with van der Waals surface area (Å²) in [5.74, 6) is 0.0936. The maximum Gasteiger partial charge on any atom is 0.234 e. The maximum atomic E-state index is 14.1. The number of aliphatic hydroxyl groups excluding tert-OH is 1. The number of aromatic nitrogens is 5. The number of β-amino-alcohol motifs (C(OH)–C–C–N with tert-alkyl or cyclic N) is 1. The third kappa shape index (κ3) is 12.5. The van der Waals surface area contributed by atoms with E-state index in [1.807, 2.05) is 98.4 Å². The van der Waals surface area contributed by atoms with E-state index >= 15 is 0 Å². The zero-order valence-corrected chi connectivity index (χ0v) is 43.6. The van der Waals surface area contributed by atoms with Gasteiger partial charge in [0.1, 0.15) is 28.9 Å². The van der Waals surface area contributed by atoms with Gasteiger partial charge in [-0.15, -0.1) is 16.4 Å². The highest BCUT2D eigenvalue weighted by Crippen LogP contribution is 2.37. The average Bonchev–Trinajstić information content (AvgIpc) is 4.23. The molecule has 0 spiro atoms. The number of amides is 2. The number of halogens is 1. The third-order valence-electron chi connectivity index (χ3n) is 14.6. The van der Waals surface area contributed by atoms with E-state index in [1.54, 1.807) is 29.7 Å². The van der Waals surface area contributed by atoms with Crippen molar-refractivity contribution >= 4 is 52.0 Å². The number of fused-ring (bicyclic) bond motifs is 1. The van der Waals surface area contributed by atoms with Crippen LogP contribution in [0.4, 0.5) is 16.0 Å². The number of piperazine rings is 1. The van der Waals surface area contributed by atoms with Gasteiger partial charge in [0.25, 0.3) is 0 Å². The fourth-order valence-corrected chi connectivity index (χ4v) is 11.3. The van der Waals surface area contributed by atoms with E-state index in [-0.39, 0.29) is 87.2 Å². The van der Waals surface area contributed by atoms with Gasteiger partial charge < -0.3 is 29.9 Å². The highest BCUT2D eigenvalue weighted by atomic mass is 32.1. The number of hydrogen-bond donors (Lipinski definition) is 2. The molecule has 0 aliphatic carbocycles. The van der Waals surface area contributed by atoms with Crippen molar-refractivity contribution in [1.29, 1.82) is 0 Å². The summed E-state index contributed by atoms with van der Waals surface area (Å²) in [5.41, 5.74) is 7.50. The van der Waals surface area contributed by atoms with Gasteiger partial charge in [-0.3, -0.25) is 24.1 Å². The van der Waals surface area contributed by atoms with Gasteiger partial charge in [0.2, 0.25) is 11.8 Å². The SMILES string of the molecule is Cc1ncsc1-c1ccc(CCC(=O)[C@@H]2C[C@@H](O)CN2C(=O)[C@@H](CC(=O)CCOCCNC(=O)CN2CCN(c3cccc(-c4cnc5ccc(N6CCC[C@@H]6c6cccc(F)c6)nn45)n3)CC2)C(C)(C)C)cc1. The molecule has 390 valence electrons. The van der Waals surface area contributed by atoms with Crippen LogP contribution in [0.15, 0.2) is 90.6 Å². The number of carbonyl (C=O) groups is 4. The summed E-state index contributed by atoms with van der Waals surface area (Å²) in [7, 11) is 0. The first-order valence-corrected chi connectivity index (χ1v) is 26.7. The van der Waals surface area contributed by atoms with Gasteiger partial charge in [-0.25, -0.2) is 23.9 Å². The Kier molecular flexibility index (Phi) is 16.6. The predicted octanol–water partition coefficient (Wildman–Crippen LogP) is 7.13. The minimum absolute atomic E-state index is 0.00286. The zero-order chi connectivity index (χ0) is 51.9. The quantitative estimate of drug-likeness (QED) is 0.0739. The van der Waals surface area contributed by atoms with Crippen molar-refractivity contribution in [2.45, 2.75) is 90.8 Å². The molecule has 18 heteroatoms. The number of nitrogens with one attached hydrogen (secondary N) is 1. The van der Waals surface area contributed by atoms with Crippen LogP contribution in [0, 0.1) is 24.1 Å². The molecule has 3 aliphatic heterocycles. The summed E-state index contributed by atoms with van der Waals surface area (Å²) in [4.78, 5) is 77.1. The van der Waals surface area contributed by atoms with Crippen LogP contribution in [0.3, 0.4) is 0 Å². The van der Waals surface area contributed by atoms with Crippen LogP contribution in [-0.4, -0.2) is 141 Å². The Bertz CT molecular complexity index is 2930. The minimum Gasteiger partial charge on any atom is -0.391 e. The van der Waals surface area contributed by atoms with Crippen molar-refractivity contribution < 1.29 is 33.4 Å². The molecule has 9 rings (SSSR count). The van der Waals surface area contributed by atoms with Crippen molar-refractivity contribution in [3.8, 4) is 21.8 Å². The molecule has 74 heavy (non-hydrogen) atoms. The molecule has 3 saturated heterocycles. The van der Waals surface area contributed by atoms with E-state index in [2.05, 4.69) is 30.0 Å². The number of rotatable bonds is 20. The number of pyridine rings is 1. The third-order valence-corrected chi connectivity index (χ3v) is 15.6. The molecule has 6 aromatic rings. The molecule has 3 aliphatic rings. The molecule has 0 bridgehead atoms. The molecule has 4 aromatic heterocycles. The monoisotopic (exact) mass is 1030 g/mol. The first-order valence-electron chi connectivity index (χ1n) is 25.9. The molecule has 4 atom stereocenters. The molecular formula is C56H67FN10O6S. The number of aryl methyl sites for hydroxylation is 2. The first-order chi connectivity index (χ1) is 35.7. The number of hydrogen-bond acceptors (Lipinski definition) is 14. The van der Waals surface area contributed by atoms with Crippen molar-refractivity contribution in [3.63, 3.8) is 0 Å². The lowest BCUT2D eigenvalue weighted by atomic mass is 9.76. The molecule has 2 N–H and O–H groups in total. The van der Waals surface area contributed by atoms with E-state index < -0.39 is 23.5 Å². The van der Waals surface area contributed by atoms with Gasteiger partial charge >= 0.3 is 0 Å². The van der Waals surface area contributed by atoms with Crippen molar-refractivity contribution in [2.75, 3.05) is 75.4 Å². The van der Waals surface area contributed by atoms with Crippen LogP contribution >= 0.6 is 11.3 Å². The van der Waals surface area contributed by atoms with Gasteiger partial charge in [0.15, 0.2) is 11.4 Å². The summed E-state index contributed by atoms with van der Waals surface area (Å²) in [6.07, 6.45) is 3.93. The Labute approximate surface area is 436 Å². The van der Waals surface area contributed by atoms with E-state index in [4.69, 9.17) is 14.8 Å². The fourth-order valence-electron chi connectivity index (χ4n) is 10.5. The largest absolute Gasteiger partial charge is 0.391 e. The second-order valence-corrected chi connectivity index (χ2v) is 21.7. The van der Waals surface area contributed by atoms with E-state index in [0.29, 0.717) is 44.8 Å². The van der Waals surface area contributed by atoms with Crippen LogP contribution < -0.4 is 15.1 Å². The molecule has 16 nitrogen and oxygen atoms in total. The lowest BCUT2D eigenvalue weighted by Crippen LogP contribution is -2.50. The van der Waals surface area contributed by atoms with Gasteiger partial charge in [-0.2, -0.15) is 0 Å².